The smallest absolute Gasteiger partial charge is 0.220 e. The van der Waals surface area contributed by atoms with Crippen molar-refractivity contribution in [3.63, 3.8) is 0 Å². The van der Waals surface area contributed by atoms with Crippen LogP contribution in [0.5, 0.6) is 0 Å². The van der Waals surface area contributed by atoms with Crippen LogP contribution in [0.2, 0.25) is 0 Å². The third kappa shape index (κ3) is 5.48. The van der Waals surface area contributed by atoms with Gasteiger partial charge in [-0.3, -0.25) is 9.69 Å². The molecule has 1 fully saturated rings. The summed E-state index contributed by atoms with van der Waals surface area (Å²) >= 11 is 0. The number of morpholine rings is 1. The summed E-state index contributed by atoms with van der Waals surface area (Å²) in [6, 6.07) is 0. The SMILES string of the molecule is CCN1CCOC(CNC(=O)CC(C)CN)C1. The van der Waals surface area contributed by atoms with Gasteiger partial charge in [0.1, 0.15) is 0 Å². The Labute approximate surface area is 104 Å². The Hall–Kier alpha value is -0.650. The molecule has 1 rings (SSSR count). The lowest BCUT2D eigenvalue weighted by Gasteiger charge is -2.32. The highest BCUT2D eigenvalue weighted by molar-refractivity contribution is 5.76. The number of carbonyl (C=O) groups is 1. The Morgan fingerprint density at radius 1 is 1.65 bits per heavy atom. The maximum atomic E-state index is 11.6. The minimum atomic E-state index is 0.0696. The Balaban J connectivity index is 2.19. The van der Waals surface area contributed by atoms with E-state index in [2.05, 4.69) is 17.1 Å². The minimum Gasteiger partial charge on any atom is -0.374 e. The number of nitrogens with two attached hydrogens (primary N) is 1. The van der Waals surface area contributed by atoms with E-state index in [0.29, 0.717) is 19.5 Å². The molecule has 1 saturated heterocycles. The second-order valence-electron chi connectivity index (χ2n) is 4.74. The van der Waals surface area contributed by atoms with E-state index in [0.717, 1.165) is 26.2 Å². The third-order valence-corrected chi connectivity index (χ3v) is 3.13. The maximum absolute atomic E-state index is 11.6. The number of amides is 1. The molecule has 0 radical (unpaired) electrons. The molecule has 0 aliphatic carbocycles. The van der Waals surface area contributed by atoms with Crippen LogP contribution in [0.15, 0.2) is 0 Å². The third-order valence-electron chi connectivity index (χ3n) is 3.13. The van der Waals surface area contributed by atoms with Crippen molar-refractivity contribution in [2.45, 2.75) is 26.4 Å². The molecule has 0 aromatic rings. The molecule has 5 nitrogen and oxygen atoms in total. The predicted octanol–water partition coefficient (Wildman–Crippen LogP) is -0.192. The monoisotopic (exact) mass is 243 g/mol. The Bertz CT molecular complexity index is 236. The predicted molar refractivity (Wildman–Crippen MR) is 67.7 cm³/mol. The molecule has 0 saturated carbocycles. The molecule has 0 aromatic heterocycles. The van der Waals surface area contributed by atoms with Crippen LogP contribution in [0.1, 0.15) is 20.3 Å². The number of nitrogens with one attached hydrogen (secondary N) is 1. The number of rotatable bonds is 6. The van der Waals surface area contributed by atoms with Crippen molar-refractivity contribution in [2.24, 2.45) is 11.7 Å². The molecular weight excluding hydrogens is 218 g/mol. The number of carbonyl (C=O) groups excluding carboxylic acids is 1. The summed E-state index contributed by atoms with van der Waals surface area (Å²) in [6.45, 7) is 8.98. The fraction of sp³-hybridized carbons (Fsp3) is 0.917. The highest BCUT2D eigenvalue weighted by Crippen LogP contribution is 2.04. The summed E-state index contributed by atoms with van der Waals surface area (Å²) in [5.41, 5.74) is 5.48. The van der Waals surface area contributed by atoms with Crippen molar-refractivity contribution in [2.75, 3.05) is 39.3 Å². The van der Waals surface area contributed by atoms with Crippen LogP contribution >= 0.6 is 0 Å². The average Bonchev–Trinajstić information content (AvgIpc) is 2.36. The van der Waals surface area contributed by atoms with E-state index < -0.39 is 0 Å². The van der Waals surface area contributed by atoms with Crippen LogP contribution in [0.25, 0.3) is 0 Å². The summed E-state index contributed by atoms with van der Waals surface area (Å²) in [7, 11) is 0. The van der Waals surface area contributed by atoms with Gasteiger partial charge in [-0.2, -0.15) is 0 Å². The average molecular weight is 243 g/mol. The van der Waals surface area contributed by atoms with Crippen molar-refractivity contribution in [1.29, 1.82) is 0 Å². The Morgan fingerprint density at radius 3 is 3.06 bits per heavy atom. The molecule has 1 heterocycles. The van der Waals surface area contributed by atoms with Crippen molar-refractivity contribution in [3.05, 3.63) is 0 Å². The zero-order chi connectivity index (χ0) is 12.7. The van der Waals surface area contributed by atoms with Gasteiger partial charge in [-0.25, -0.2) is 0 Å². The molecule has 2 atom stereocenters. The van der Waals surface area contributed by atoms with Crippen LogP contribution in [-0.4, -0.2) is 56.2 Å². The van der Waals surface area contributed by atoms with E-state index >= 15 is 0 Å². The molecule has 100 valence electrons. The van der Waals surface area contributed by atoms with E-state index in [9.17, 15) is 4.79 Å². The first-order chi connectivity index (χ1) is 8.15. The van der Waals surface area contributed by atoms with Crippen LogP contribution in [0.4, 0.5) is 0 Å². The summed E-state index contributed by atoms with van der Waals surface area (Å²) in [4.78, 5) is 13.9. The first-order valence-corrected chi connectivity index (χ1v) is 6.46. The van der Waals surface area contributed by atoms with E-state index in [1.54, 1.807) is 0 Å². The first kappa shape index (κ1) is 14.4. The topological polar surface area (TPSA) is 67.6 Å². The lowest BCUT2D eigenvalue weighted by atomic mass is 10.1. The summed E-state index contributed by atoms with van der Waals surface area (Å²) in [5.74, 6) is 0.314. The fourth-order valence-electron chi connectivity index (χ4n) is 1.89. The molecule has 1 amide bonds. The van der Waals surface area contributed by atoms with Crippen LogP contribution < -0.4 is 11.1 Å². The zero-order valence-corrected chi connectivity index (χ0v) is 10.9. The van der Waals surface area contributed by atoms with E-state index in [1.807, 2.05) is 6.92 Å². The maximum Gasteiger partial charge on any atom is 0.220 e. The van der Waals surface area contributed by atoms with Gasteiger partial charge in [0.25, 0.3) is 0 Å². The molecule has 1 aliphatic heterocycles. The number of likely N-dealkylation sites (N-methyl/N-ethyl adjacent to an activating group) is 1. The highest BCUT2D eigenvalue weighted by atomic mass is 16.5. The second kappa shape index (κ2) is 7.63. The fourth-order valence-corrected chi connectivity index (χ4v) is 1.89. The molecule has 5 heteroatoms. The van der Waals surface area contributed by atoms with Crippen LogP contribution in [0, 0.1) is 5.92 Å². The molecule has 0 bridgehead atoms. The molecule has 17 heavy (non-hydrogen) atoms. The summed E-state index contributed by atoms with van der Waals surface area (Å²) < 4.78 is 5.61. The molecule has 0 spiro atoms. The number of nitrogens with zero attached hydrogens (tertiary/aromatic N) is 1. The lowest BCUT2D eigenvalue weighted by molar-refractivity contribution is -0.123. The van der Waals surface area contributed by atoms with Gasteiger partial charge in [0.15, 0.2) is 0 Å². The van der Waals surface area contributed by atoms with Crippen LogP contribution in [-0.2, 0) is 9.53 Å². The molecule has 1 aliphatic rings. The van der Waals surface area contributed by atoms with Gasteiger partial charge in [-0.05, 0) is 19.0 Å². The normalized spacial score (nSPS) is 23.4. The zero-order valence-electron chi connectivity index (χ0n) is 10.9. The van der Waals surface area contributed by atoms with E-state index in [4.69, 9.17) is 10.5 Å². The van der Waals surface area contributed by atoms with E-state index in [1.165, 1.54) is 0 Å². The Kier molecular flexibility index (Phi) is 6.47. The molecule has 0 aromatic carbocycles. The molecular formula is C12H25N3O2. The Morgan fingerprint density at radius 2 is 2.41 bits per heavy atom. The van der Waals surface area contributed by atoms with Crippen LogP contribution in [0.3, 0.4) is 0 Å². The quantitative estimate of drug-likeness (QED) is 0.678. The van der Waals surface area contributed by atoms with Gasteiger partial charge in [0.2, 0.25) is 5.91 Å². The standard InChI is InChI=1S/C12H25N3O2/c1-3-15-4-5-17-11(9-15)8-14-12(16)6-10(2)7-13/h10-11H,3-9,13H2,1-2H3,(H,14,16). The summed E-state index contributed by atoms with van der Waals surface area (Å²) in [5, 5.41) is 2.92. The van der Waals surface area contributed by atoms with Gasteiger partial charge in [0.05, 0.1) is 12.7 Å². The lowest BCUT2D eigenvalue weighted by Crippen LogP contribution is -2.47. The van der Waals surface area contributed by atoms with Gasteiger partial charge in [-0.1, -0.05) is 13.8 Å². The summed E-state index contributed by atoms with van der Waals surface area (Å²) in [6.07, 6.45) is 0.626. The van der Waals surface area contributed by atoms with Gasteiger partial charge in [0, 0.05) is 26.1 Å². The van der Waals surface area contributed by atoms with Crippen molar-refractivity contribution < 1.29 is 9.53 Å². The largest absolute Gasteiger partial charge is 0.374 e. The molecule has 3 N–H and O–H groups in total. The first-order valence-electron chi connectivity index (χ1n) is 6.46. The number of hydrogen-bond acceptors (Lipinski definition) is 4. The van der Waals surface area contributed by atoms with Crippen molar-refractivity contribution in [3.8, 4) is 0 Å². The number of hydrogen-bond donors (Lipinski definition) is 2. The second-order valence-corrected chi connectivity index (χ2v) is 4.74. The van der Waals surface area contributed by atoms with Gasteiger partial charge >= 0.3 is 0 Å². The van der Waals surface area contributed by atoms with Gasteiger partial charge in [-0.15, -0.1) is 0 Å². The van der Waals surface area contributed by atoms with Crippen molar-refractivity contribution >= 4 is 5.91 Å². The van der Waals surface area contributed by atoms with E-state index in [-0.39, 0.29) is 17.9 Å². The van der Waals surface area contributed by atoms with Gasteiger partial charge < -0.3 is 15.8 Å². The van der Waals surface area contributed by atoms with Crippen molar-refractivity contribution in [1.82, 2.24) is 10.2 Å². The minimum absolute atomic E-state index is 0.0696. The number of ether oxygens (including phenoxy) is 1. The highest BCUT2D eigenvalue weighted by Gasteiger charge is 2.19. The molecule has 2 unspecified atom stereocenters.